The van der Waals surface area contributed by atoms with E-state index in [0.717, 1.165) is 12.8 Å². The Morgan fingerprint density at radius 3 is 2.60 bits per heavy atom. The Hall–Kier alpha value is -1.31. The standard InChI is InChI=1S/C17H15Cl2N/c1-20-13-8-11-4-2-3-5-14(11)15(10-13)12-6-7-16(18)17(19)9-12/h2-7,9,15H,8,10H2,1H3. The molecule has 3 rings (SSSR count). The number of fused-ring (bicyclic) bond motifs is 1. The summed E-state index contributed by atoms with van der Waals surface area (Å²) in [6, 6.07) is 14.5. The fourth-order valence-corrected chi connectivity index (χ4v) is 3.18. The maximum Gasteiger partial charge on any atom is 0.0595 e. The molecule has 2 aromatic rings. The molecule has 2 aromatic carbocycles. The lowest BCUT2D eigenvalue weighted by Gasteiger charge is -2.27. The second-order valence-corrected chi connectivity index (χ2v) is 5.91. The predicted molar refractivity (Wildman–Crippen MR) is 86.4 cm³/mol. The van der Waals surface area contributed by atoms with Crippen molar-refractivity contribution < 1.29 is 0 Å². The van der Waals surface area contributed by atoms with Gasteiger partial charge in [0.2, 0.25) is 0 Å². The topological polar surface area (TPSA) is 12.4 Å². The average molecular weight is 304 g/mol. The van der Waals surface area contributed by atoms with Gasteiger partial charge in [-0.3, -0.25) is 4.99 Å². The fraction of sp³-hybridized carbons (Fsp3) is 0.235. The summed E-state index contributed by atoms with van der Waals surface area (Å²) in [7, 11) is 1.87. The molecule has 1 aliphatic rings. The molecule has 3 heteroatoms. The van der Waals surface area contributed by atoms with Crippen molar-refractivity contribution in [1.29, 1.82) is 0 Å². The van der Waals surface area contributed by atoms with Crippen molar-refractivity contribution in [2.75, 3.05) is 7.05 Å². The lowest BCUT2D eigenvalue weighted by atomic mass is 9.78. The molecule has 0 saturated heterocycles. The quantitative estimate of drug-likeness (QED) is 0.691. The van der Waals surface area contributed by atoms with Crippen molar-refractivity contribution in [1.82, 2.24) is 0 Å². The van der Waals surface area contributed by atoms with Crippen molar-refractivity contribution in [3.63, 3.8) is 0 Å². The Labute approximate surface area is 129 Å². The van der Waals surface area contributed by atoms with Crippen LogP contribution in [0.1, 0.15) is 29.0 Å². The van der Waals surface area contributed by atoms with Crippen molar-refractivity contribution in [3.05, 3.63) is 69.2 Å². The Kier molecular flexibility index (Phi) is 3.82. The number of hydrogen-bond acceptors (Lipinski definition) is 1. The van der Waals surface area contributed by atoms with E-state index in [4.69, 9.17) is 23.2 Å². The first-order chi connectivity index (χ1) is 9.69. The third-order valence-electron chi connectivity index (χ3n) is 3.93. The van der Waals surface area contributed by atoms with Crippen molar-refractivity contribution in [2.45, 2.75) is 18.8 Å². The molecule has 102 valence electrons. The van der Waals surface area contributed by atoms with Gasteiger partial charge in [-0.05, 0) is 35.2 Å². The summed E-state index contributed by atoms with van der Waals surface area (Å²) in [5, 5.41) is 1.21. The number of halogens is 2. The SMILES string of the molecule is CN=C1Cc2ccccc2C(c2ccc(Cl)c(Cl)c2)C1. The lowest BCUT2D eigenvalue weighted by Crippen LogP contribution is -2.19. The van der Waals surface area contributed by atoms with E-state index in [9.17, 15) is 0 Å². The molecular formula is C17H15Cl2N. The Balaban J connectivity index is 2.10. The van der Waals surface area contributed by atoms with Crippen molar-refractivity contribution >= 4 is 28.9 Å². The molecule has 0 aliphatic heterocycles. The van der Waals surface area contributed by atoms with Gasteiger partial charge in [0.1, 0.15) is 0 Å². The number of benzene rings is 2. The van der Waals surface area contributed by atoms with Gasteiger partial charge in [-0.15, -0.1) is 0 Å². The van der Waals surface area contributed by atoms with E-state index in [1.165, 1.54) is 22.4 Å². The summed E-state index contributed by atoms with van der Waals surface area (Å²) >= 11 is 12.2. The third-order valence-corrected chi connectivity index (χ3v) is 4.67. The predicted octanol–water partition coefficient (Wildman–Crippen LogP) is 5.14. The van der Waals surface area contributed by atoms with E-state index in [2.05, 4.69) is 35.3 Å². The third kappa shape index (κ3) is 2.48. The van der Waals surface area contributed by atoms with E-state index >= 15 is 0 Å². The van der Waals surface area contributed by atoms with Gasteiger partial charge >= 0.3 is 0 Å². The van der Waals surface area contributed by atoms with Crippen LogP contribution in [0.2, 0.25) is 10.0 Å². The zero-order chi connectivity index (χ0) is 14.1. The summed E-state index contributed by atoms with van der Waals surface area (Å²) in [6.45, 7) is 0. The van der Waals surface area contributed by atoms with Crippen LogP contribution >= 0.6 is 23.2 Å². The molecule has 1 aliphatic carbocycles. The summed E-state index contributed by atoms with van der Waals surface area (Å²) in [6.07, 6.45) is 1.90. The van der Waals surface area contributed by atoms with Crippen LogP contribution in [0.4, 0.5) is 0 Å². The molecule has 0 saturated carbocycles. The van der Waals surface area contributed by atoms with Gasteiger partial charge in [-0.2, -0.15) is 0 Å². The zero-order valence-corrected chi connectivity index (χ0v) is 12.7. The maximum absolute atomic E-state index is 6.17. The average Bonchev–Trinajstić information content (AvgIpc) is 2.49. The Morgan fingerprint density at radius 2 is 1.85 bits per heavy atom. The Morgan fingerprint density at radius 1 is 1.05 bits per heavy atom. The fourth-order valence-electron chi connectivity index (χ4n) is 2.87. The van der Waals surface area contributed by atoms with Gasteiger partial charge in [-0.25, -0.2) is 0 Å². The highest BCUT2D eigenvalue weighted by atomic mass is 35.5. The Bertz CT molecular complexity index is 676. The highest BCUT2D eigenvalue weighted by Crippen LogP contribution is 2.37. The summed E-state index contributed by atoms with van der Waals surface area (Å²) in [5.74, 6) is 0.313. The summed E-state index contributed by atoms with van der Waals surface area (Å²) < 4.78 is 0. The van der Waals surface area contributed by atoms with E-state index < -0.39 is 0 Å². The van der Waals surface area contributed by atoms with Gasteiger partial charge in [0.25, 0.3) is 0 Å². The first-order valence-corrected chi connectivity index (χ1v) is 7.42. The molecule has 0 aromatic heterocycles. The molecule has 1 nitrogen and oxygen atoms in total. The number of rotatable bonds is 1. The minimum absolute atomic E-state index is 0.313. The van der Waals surface area contributed by atoms with Crippen LogP contribution in [0.15, 0.2) is 47.5 Å². The molecular weight excluding hydrogens is 289 g/mol. The molecule has 0 heterocycles. The van der Waals surface area contributed by atoms with Gasteiger partial charge in [0.05, 0.1) is 10.0 Å². The minimum Gasteiger partial charge on any atom is -0.297 e. The summed E-state index contributed by atoms with van der Waals surface area (Å²) in [4.78, 5) is 4.42. The molecule has 0 fully saturated rings. The smallest absolute Gasteiger partial charge is 0.0595 e. The normalized spacial score (nSPS) is 19.9. The van der Waals surface area contributed by atoms with Gasteiger partial charge in [0.15, 0.2) is 0 Å². The highest BCUT2D eigenvalue weighted by molar-refractivity contribution is 6.42. The monoisotopic (exact) mass is 303 g/mol. The summed E-state index contributed by atoms with van der Waals surface area (Å²) in [5.41, 5.74) is 5.17. The van der Waals surface area contributed by atoms with Crippen LogP contribution in [0, 0.1) is 0 Å². The van der Waals surface area contributed by atoms with Gasteiger partial charge in [0, 0.05) is 25.1 Å². The van der Waals surface area contributed by atoms with Crippen molar-refractivity contribution in [3.8, 4) is 0 Å². The second-order valence-electron chi connectivity index (χ2n) is 5.10. The van der Waals surface area contributed by atoms with Crippen LogP contribution in [0.5, 0.6) is 0 Å². The van der Waals surface area contributed by atoms with E-state index in [1.807, 2.05) is 19.2 Å². The first-order valence-electron chi connectivity index (χ1n) is 6.66. The highest BCUT2D eigenvalue weighted by Gasteiger charge is 2.25. The van der Waals surface area contributed by atoms with E-state index in [-0.39, 0.29) is 0 Å². The molecule has 1 atom stereocenters. The minimum atomic E-state index is 0.313. The molecule has 0 spiro atoms. The van der Waals surface area contributed by atoms with Crippen LogP contribution < -0.4 is 0 Å². The molecule has 0 radical (unpaired) electrons. The molecule has 0 bridgehead atoms. The molecule has 1 unspecified atom stereocenters. The number of aliphatic imine (C=N–C) groups is 1. The second kappa shape index (κ2) is 5.59. The van der Waals surface area contributed by atoms with Crippen LogP contribution in [-0.2, 0) is 6.42 Å². The lowest BCUT2D eigenvalue weighted by molar-refractivity contribution is 0.805. The molecule has 20 heavy (non-hydrogen) atoms. The van der Waals surface area contributed by atoms with Crippen molar-refractivity contribution in [2.24, 2.45) is 4.99 Å². The van der Waals surface area contributed by atoms with Gasteiger partial charge in [-0.1, -0.05) is 53.5 Å². The first kappa shape index (κ1) is 13.7. The van der Waals surface area contributed by atoms with Crippen LogP contribution in [-0.4, -0.2) is 12.8 Å². The zero-order valence-electron chi connectivity index (χ0n) is 11.2. The van der Waals surface area contributed by atoms with E-state index in [0.29, 0.717) is 16.0 Å². The van der Waals surface area contributed by atoms with Gasteiger partial charge < -0.3 is 0 Å². The number of hydrogen-bond donors (Lipinski definition) is 0. The number of nitrogens with zero attached hydrogens (tertiary/aromatic N) is 1. The maximum atomic E-state index is 6.17. The molecule has 0 amide bonds. The van der Waals surface area contributed by atoms with Crippen LogP contribution in [0.3, 0.4) is 0 Å². The van der Waals surface area contributed by atoms with E-state index in [1.54, 1.807) is 0 Å². The molecule has 0 N–H and O–H groups in total. The largest absolute Gasteiger partial charge is 0.297 e. The van der Waals surface area contributed by atoms with Crippen LogP contribution in [0.25, 0.3) is 0 Å².